The fourth-order valence-corrected chi connectivity index (χ4v) is 3.58. The minimum absolute atomic E-state index is 0.179. The molecule has 0 saturated heterocycles. The van der Waals surface area contributed by atoms with Crippen molar-refractivity contribution in [2.45, 2.75) is 19.9 Å². The van der Waals surface area contributed by atoms with Crippen LogP contribution in [0.3, 0.4) is 0 Å². The molecule has 6 heteroatoms. The number of nitrogens with zero attached hydrogens (tertiary/aromatic N) is 1. The van der Waals surface area contributed by atoms with Gasteiger partial charge in [-0.05, 0) is 31.5 Å². The maximum atomic E-state index is 13.9. The SMILES string of the molecule is COc1ccc(C(C)NC(=O)c2sc(-c3ccccc3)nc2C)cc1F. The molecule has 1 aromatic heterocycles. The molecule has 0 aliphatic heterocycles. The lowest BCUT2D eigenvalue weighted by Crippen LogP contribution is -2.26. The van der Waals surface area contributed by atoms with Crippen molar-refractivity contribution in [1.29, 1.82) is 0 Å². The van der Waals surface area contributed by atoms with E-state index in [0.717, 1.165) is 10.6 Å². The number of carbonyl (C=O) groups excluding carboxylic acids is 1. The van der Waals surface area contributed by atoms with Gasteiger partial charge >= 0.3 is 0 Å². The number of halogens is 1. The van der Waals surface area contributed by atoms with Crippen LogP contribution in [0.25, 0.3) is 10.6 Å². The quantitative estimate of drug-likeness (QED) is 0.705. The highest BCUT2D eigenvalue weighted by molar-refractivity contribution is 7.17. The number of aromatic nitrogens is 1. The van der Waals surface area contributed by atoms with Crippen LogP contribution in [0.5, 0.6) is 5.75 Å². The molecule has 4 nitrogen and oxygen atoms in total. The third-order valence-electron chi connectivity index (χ3n) is 4.05. The summed E-state index contributed by atoms with van der Waals surface area (Å²) in [4.78, 5) is 17.7. The number of rotatable bonds is 5. The van der Waals surface area contributed by atoms with Gasteiger partial charge in [-0.15, -0.1) is 11.3 Å². The van der Waals surface area contributed by atoms with E-state index in [2.05, 4.69) is 10.3 Å². The standard InChI is InChI=1S/C20H19FN2O2S/c1-12(15-9-10-17(25-3)16(21)11-15)22-19(24)18-13(2)23-20(26-18)14-7-5-4-6-8-14/h4-12H,1-3H3,(H,22,24). The van der Waals surface area contributed by atoms with Gasteiger partial charge in [-0.25, -0.2) is 9.37 Å². The summed E-state index contributed by atoms with van der Waals surface area (Å²) >= 11 is 1.35. The maximum absolute atomic E-state index is 13.9. The van der Waals surface area contributed by atoms with E-state index in [0.29, 0.717) is 16.1 Å². The number of methoxy groups -OCH3 is 1. The highest BCUT2D eigenvalue weighted by Gasteiger charge is 2.19. The predicted octanol–water partition coefficient (Wildman–Crippen LogP) is 4.76. The Kier molecular flexibility index (Phi) is 5.32. The summed E-state index contributed by atoms with van der Waals surface area (Å²) in [5.74, 6) is -0.490. The summed E-state index contributed by atoms with van der Waals surface area (Å²) in [6, 6.07) is 14.1. The van der Waals surface area contributed by atoms with Crippen LogP contribution >= 0.6 is 11.3 Å². The topological polar surface area (TPSA) is 51.2 Å². The molecule has 0 aliphatic carbocycles. The van der Waals surface area contributed by atoms with Crippen LogP contribution in [-0.2, 0) is 0 Å². The maximum Gasteiger partial charge on any atom is 0.263 e. The van der Waals surface area contributed by atoms with Crippen molar-refractivity contribution < 1.29 is 13.9 Å². The molecule has 3 aromatic rings. The number of ether oxygens (including phenoxy) is 1. The molecule has 26 heavy (non-hydrogen) atoms. The molecule has 1 heterocycles. The van der Waals surface area contributed by atoms with Crippen LogP contribution in [0.1, 0.15) is 33.9 Å². The zero-order valence-corrected chi connectivity index (χ0v) is 15.6. The second-order valence-corrected chi connectivity index (χ2v) is 6.89. The number of thiazole rings is 1. The van der Waals surface area contributed by atoms with Gasteiger partial charge in [0, 0.05) is 5.56 Å². The van der Waals surface area contributed by atoms with E-state index >= 15 is 0 Å². The average molecular weight is 370 g/mol. The van der Waals surface area contributed by atoms with Crippen molar-refractivity contribution in [1.82, 2.24) is 10.3 Å². The van der Waals surface area contributed by atoms with Crippen molar-refractivity contribution in [3.63, 3.8) is 0 Å². The van der Waals surface area contributed by atoms with E-state index in [-0.39, 0.29) is 17.7 Å². The van der Waals surface area contributed by atoms with Crippen molar-refractivity contribution >= 4 is 17.2 Å². The van der Waals surface area contributed by atoms with Crippen LogP contribution in [0, 0.1) is 12.7 Å². The van der Waals surface area contributed by atoms with E-state index in [1.54, 1.807) is 12.1 Å². The number of carbonyl (C=O) groups is 1. The Morgan fingerprint density at radius 2 is 1.96 bits per heavy atom. The molecule has 0 bridgehead atoms. The highest BCUT2D eigenvalue weighted by atomic mass is 32.1. The largest absolute Gasteiger partial charge is 0.494 e. The van der Waals surface area contributed by atoms with E-state index in [9.17, 15) is 9.18 Å². The van der Waals surface area contributed by atoms with Gasteiger partial charge in [0.05, 0.1) is 18.8 Å². The fraction of sp³-hybridized carbons (Fsp3) is 0.200. The molecule has 0 spiro atoms. The first-order valence-corrected chi connectivity index (χ1v) is 8.98. The predicted molar refractivity (Wildman–Crippen MR) is 101 cm³/mol. The number of amides is 1. The number of hydrogen-bond acceptors (Lipinski definition) is 4. The van der Waals surface area contributed by atoms with Crippen LogP contribution in [0.15, 0.2) is 48.5 Å². The third kappa shape index (κ3) is 3.75. The van der Waals surface area contributed by atoms with Crippen molar-refractivity contribution in [3.8, 4) is 16.3 Å². The van der Waals surface area contributed by atoms with Gasteiger partial charge < -0.3 is 10.1 Å². The normalized spacial score (nSPS) is 11.8. The summed E-state index contributed by atoms with van der Waals surface area (Å²) in [6.45, 7) is 3.63. The van der Waals surface area contributed by atoms with Crippen molar-refractivity contribution in [2.75, 3.05) is 7.11 Å². The van der Waals surface area contributed by atoms with E-state index in [1.165, 1.54) is 24.5 Å². The lowest BCUT2D eigenvalue weighted by molar-refractivity contribution is 0.0943. The molecule has 0 fully saturated rings. The Labute approximate surface area is 155 Å². The Morgan fingerprint density at radius 1 is 1.23 bits per heavy atom. The number of hydrogen-bond donors (Lipinski definition) is 1. The van der Waals surface area contributed by atoms with Crippen molar-refractivity contribution in [2.24, 2.45) is 0 Å². The molecule has 3 rings (SSSR count). The molecule has 0 radical (unpaired) electrons. The molecule has 134 valence electrons. The lowest BCUT2D eigenvalue weighted by Gasteiger charge is -2.14. The molecule has 2 aromatic carbocycles. The van der Waals surface area contributed by atoms with E-state index in [1.807, 2.05) is 44.2 Å². The van der Waals surface area contributed by atoms with Crippen LogP contribution in [0.2, 0.25) is 0 Å². The smallest absolute Gasteiger partial charge is 0.263 e. The minimum Gasteiger partial charge on any atom is -0.494 e. The molecular weight excluding hydrogens is 351 g/mol. The molecule has 0 saturated carbocycles. The van der Waals surface area contributed by atoms with Crippen LogP contribution < -0.4 is 10.1 Å². The number of nitrogens with one attached hydrogen (secondary N) is 1. The number of benzene rings is 2. The van der Waals surface area contributed by atoms with Gasteiger partial charge in [-0.3, -0.25) is 4.79 Å². The summed E-state index contributed by atoms with van der Waals surface area (Å²) in [5.41, 5.74) is 2.33. The van der Waals surface area contributed by atoms with Crippen molar-refractivity contribution in [3.05, 3.63) is 70.5 Å². The second kappa shape index (κ2) is 7.66. The summed E-state index contributed by atoms with van der Waals surface area (Å²) < 4.78 is 18.8. The lowest BCUT2D eigenvalue weighted by atomic mass is 10.1. The third-order valence-corrected chi connectivity index (χ3v) is 5.25. The molecule has 1 unspecified atom stereocenters. The van der Waals surface area contributed by atoms with Gasteiger partial charge in [0.1, 0.15) is 9.88 Å². The first kappa shape index (κ1) is 18.1. The molecule has 1 atom stereocenters. The van der Waals surface area contributed by atoms with E-state index < -0.39 is 5.82 Å². The molecule has 0 aliphatic rings. The highest BCUT2D eigenvalue weighted by Crippen LogP contribution is 2.28. The van der Waals surface area contributed by atoms with Crippen LogP contribution in [0.4, 0.5) is 4.39 Å². The number of aryl methyl sites for hydroxylation is 1. The van der Waals surface area contributed by atoms with Gasteiger partial charge in [0.2, 0.25) is 0 Å². The monoisotopic (exact) mass is 370 g/mol. The van der Waals surface area contributed by atoms with Gasteiger partial charge in [-0.2, -0.15) is 0 Å². The minimum atomic E-state index is -0.452. The second-order valence-electron chi connectivity index (χ2n) is 5.89. The molecular formula is C20H19FN2O2S. The zero-order chi connectivity index (χ0) is 18.7. The first-order chi connectivity index (χ1) is 12.5. The van der Waals surface area contributed by atoms with Gasteiger partial charge in [-0.1, -0.05) is 36.4 Å². The molecule has 1 amide bonds. The summed E-state index contributed by atoms with van der Waals surface area (Å²) in [7, 11) is 1.42. The van der Waals surface area contributed by atoms with Crippen LogP contribution in [-0.4, -0.2) is 18.0 Å². The zero-order valence-electron chi connectivity index (χ0n) is 14.7. The van der Waals surface area contributed by atoms with E-state index in [4.69, 9.17) is 4.74 Å². The Hall–Kier alpha value is -2.73. The average Bonchev–Trinajstić information content (AvgIpc) is 3.04. The molecule has 1 N–H and O–H groups in total. The van der Waals surface area contributed by atoms with Gasteiger partial charge in [0.15, 0.2) is 11.6 Å². The van der Waals surface area contributed by atoms with Gasteiger partial charge in [0.25, 0.3) is 5.91 Å². The summed E-state index contributed by atoms with van der Waals surface area (Å²) in [5, 5.41) is 3.71. The fourth-order valence-electron chi connectivity index (χ4n) is 2.61. The Morgan fingerprint density at radius 3 is 2.62 bits per heavy atom. The summed E-state index contributed by atoms with van der Waals surface area (Å²) in [6.07, 6.45) is 0. The Bertz CT molecular complexity index is 925. The first-order valence-electron chi connectivity index (χ1n) is 8.16. The Balaban J connectivity index is 1.78.